The summed E-state index contributed by atoms with van der Waals surface area (Å²) in [7, 11) is 0. The Morgan fingerprint density at radius 1 is 1.00 bits per heavy atom. The number of para-hydroxylation sites is 1. The Kier molecular flexibility index (Phi) is 5.68. The zero-order valence-electron chi connectivity index (χ0n) is 20.2. The van der Waals surface area contributed by atoms with Crippen molar-refractivity contribution in [1.82, 2.24) is 19.1 Å². The predicted octanol–water partition coefficient (Wildman–Crippen LogP) is 5.23. The molecule has 3 aromatic heterocycles. The van der Waals surface area contributed by atoms with Crippen molar-refractivity contribution >= 4 is 33.9 Å². The van der Waals surface area contributed by atoms with Crippen molar-refractivity contribution in [3.8, 4) is 5.75 Å². The van der Waals surface area contributed by atoms with E-state index in [2.05, 4.69) is 30.5 Å². The highest BCUT2D eigenvalue weighted by Gasteiger charge is 2.18. The molecule has 0 aliphatic rings. The van der Waals surface area contributed by atoms with Crippen molar-refractivity contribution < 1.29 is 14.3 Å². The Hall–Kier alpha value is -4.26. The number of hydrogen-bond donors (Lipinski definition) is 0. The molecule has 7 nitrogen and oxygen atoms in total. The van der Waals surface area contributed by atoms with E-state index in [0.29, 0.717) is 12.1 Å². The fraction of sp³-hybridized carbons (Fsp3) is 0.214. The second kappa shape index (κ2) is 8.83. The van der Waals surface area contributed by atoms with Crippen molar-refractivity contribution in [2.75, 3.05) is 0 Å². The summed E-state index contributed by atoms with van der Waals surface area (Å²) < 4.78 is 9.00. The molecule has 0 amide bonds. The van der Waals surface area contributed by atoms with E-state index in [1.54, 1.807) is 35.0 Å². The molecule has 0 aliphatic carbocycles. The lowest BCUT2D eigenvalue weighted by Crippen LogP contribution is -2.14. The molecule has 0 radical (unpaired) electrons. The summed E-state index contributed by atoms with van der Waals surface area (Å²) in [6, 6.07) is 16.8. The first-order chi connectivity index (χ1) is 16.9. The number of rotatable bonds is 5. The van der Waals surface area contributed by atoms with Gasteiger partial charge in [0.25, 0.3) is 5.91 Å². The minimum atomic E-state index is -0.467. The van der Waals surface area contributed by atoms with Crippen LogP contribution in [-0.2, 0) is 17.8 Å². The molecular formula is C28H26N4O3. The maximum atomic E-state index is 13.3. The van der Waals surface area contributed by atoms with E-state index in [-0.39, 0.29) is 11.7 Å². The van der Waals surface area contributed by atoms with Crippen LogP contribution in [0.4, 0.5) is 0 Å². The van der Waals surface area contributed by atoms with Gasteiger partial charge in [0, 0.05) is 30.6 Å². The third-order valence-corrected chi connectivity index (χ3v) is 6.10. The van der Waals surface area contributed by atoms with Gasteiger partial charge in [-0.05, 0) is 61.4 Å². The van der Waals surface area contributed by atoms with Gasteiger partial charge >= 0.3 is 5.97 Å². The maximum Gasteiger partial charge on any atom is 0.308 e. The van der Waals surface area contributed by atoms with E-state index in [9.17, 15) is 9.59 Å². The van der Waals surface area contributed by atoms with Gasteiger partial charge in [-0.1, -0.05) is 25.1 Å². The van der Waals surface area contributed by atoms with Crippen LogP contribution in [0.1, 0.15) is 46.9 Å². The number of benzene rings is 2. The number of hydrogen-bond acceptors (Lipinski definition) is 5. The Labute approximate surface area is 203 Å². The third kappa shape index (κ3) is 4.10. The van der Waals surface area contributed by atoms with E-state index in [1.165, 1.54) is 6.92 Å². The smallest absolute Gasteiger partial charge is 0.308 e. The van der Waals surface area contributed by atoms with Gasteiger partial charge in [0.1, 0.15) is 17.1 Å². The number of nitrogens with zero attached hydrogens (tertiary/aromatic N) is 4. The van der Waals surface area contributed by atoms with Crippen LogP contribution in [0.5, 0.6) is 5.75 Å². The van der Waals surface area contributed by atoms with Crippen LogP contribution in [0.25, 0.3) is 22.1 Å². The monoisotopic (exact) mass is 466 g/mol. The molecule has 0 spiro atoms. The Bertz CT molecular complexity index is 1610. The molecule has 0 aliphatic heterocycles. The molecule has 0 unspecified atom stereocenters. The Morgan fingerprint density at radius 2 is 1.80 bits per heavy atom. The molecule has 0 bridgehead atoms. The summed E-state index contributed by atoms with van der Waals surface area (Å²) in [5, 5.41) is 0.948. The molecule has 0 fully saturated rings. The number of esters is 1. The largest absolute Gasteiger partial charge is 0.426 e. The van der Waals surface area contributed by atoms with Crippen LogP contribution >= 0.6 is 0 Å². The molecule has 2 aromatic carbocycles. The first-order valence-corrected chi connectivity index (χ1v) is 11.6. The van der Waals surface area contributed by atoms with E-state index < -0.39 is 5.97 Å². The fourth-order valence-corrected chi connectivity index (χ4v) is 4.55. The summed E-state index contributed by atoms with van der Waals surface area (Å²) in [5.74, 6) is 0.524. The highest BCUT2D eigenvalue weighted by molar-refractivity contribution is 6.04. The highest BCUT2D eigenvalue weighted by atomic mass is 16.5. The summed E-state index contributed by atoms with van der Waals surface area (Å²) in [6.07, 6.45) is 2.56. The molecule has 5 rings (SSSR count). The molecule has 35 heavy (non-hydrogen) atoms. The molecule has 3 heterocycles. The van der Waals surface area contributed by atoms with Crippen LogP contribution < -0.4 is 4.74 Å². The number of carbonyl (C=O) groups excluding carboxylic acids is 2. The van der Waals surface area contributed by atoms with Crippen LogP contribution in [-0.4, -0.2) is 31.0 Å². The number of carbonyl (C=O) groups is 2. The standard InChI is InChI=1S/C28H26N4O3/c1-5-25-30-26-17(2)14-18(3)29-27(26)32(25)16-20-10-11-23-21(15-20)12-13-31(23)28(34)22-8-6-7-9-24(22)35-19(4)33/h6-15H,5,16H2,1-4H3. The average Bonchev–Trinajstić information content (AvgIpc) is 3.40. The number of ether oxygens (including phenoxy) is 1. The van der Waals surface area contributed by atoms with Gasteiger partial charge < -0.3 is 9.30 Å². The molecule has 0 saturated carbocycles. The minimum Gasteiger partial charge on any atom is -0.426 e. The van der Waals surface area contributed by atoms with E-state index in [4.69, 9.17) is 14.7 Å². The number of aryl methyl sites for hydroxylation is 3. The van der Waals surface area contributed by atoms with Crippen molar-refractivity contribution in [2.24, 2.45) is 0 Å². The summed E-state index contributed by atoms with van der Waals surface area (Å²) in [6.45, 7) is 8.13. The zero-order chi connectivity index (χ0) is 24.7. The van der Waals surface area contributed by atoms with Crippen molar-refractivity contribution in [3.63, 3.8) is 0 Å². The van der Waals surface area contributed by atoms with E-state index in [0.717, 1.165) is 51.1 Å². The number of fused-ring (bicyclic) bond motifs is 2. The summed E-state index contributed by atoms with van der Waals surface area (Å²) in [5.41, 5.74) is 6.15. The Balaban J connectivity index is 1.51. The second-order valence-corrected chi connectivity index (χ2v) is 8.69. The van der Waals surface area contributed by atoms with Gasteiger partial charge in [0.05, 0.1) is 17.6 Å². The number of pyridine rings is 1. The SMILES string of the molecule is CCc1nc2c(C)cc(C)nc2n1Cc1ccc2c(ccn2C(=O)c2ccccc2OC(C)=O)c1. The van der Waals surface area contributed by atoms with Gasteiger partial charge in [-0.15, -0.1) is 0 Å². The molecule has 5 aromatic rings. The fourth-order valence-electron chi connectivity index (χ4n) is 4.55. The first-order valence-electron chi connectivity index (χ1n) is 11.6. The van der Waals surface area contributed by atoms with Gasteiger partial charge in [-0.2, -0.15) is 0 Å². The summed E-state index contributed by atoms with van der Waals surface area (Å²) >= 11 is 0. The first kappa shape index (κ1) is 22.5. The lowest BCUT2D eigenvalue weighted by molar-refractivity contribution is -0.131. The molecule has 0 N–H and O–H groups in total. The van der Waals surface area contributed by atoms with E-state index in [1.807, 2.05) is 25.1 Å². The highest BCUT2D eigenvalue weighted by Crippen LogP contribution is 2.25. The molecule has 0 atom stereocenters. The van der Waals surface area contributed by atoms with Gasteiger partial charge in [0.2, 0.25) is 0 Å². The van der Waals surface area contributed by atoms with Crippen LogP contribution in [0.3, 0.4) is 0 Å². The van der Waals surface area contributed by atoms with E-state index >= 15 is 0 Å². The zero-order valence-corrected chi connectivity index (χ0v) is 20.2. The van der Waals surface area contributed by atoms with Crippen LogP contribution in [0.15, 0.2) is 60.8 Å². The van der Waals surface area contributed by atoms with Gasteiger partial charge in [0.15, 0.2) is 5.65 Å². The lowest BCUT2D eigenvalue weighted by Gasteiger charge is -2.11. The van der Waals surface area contributed by atoms with Gasteiger partial charge in [-0.3, -0.25) is 14.2 Å². The van der Waals surface area contributed by atoms with Crippen LogP contribution in [0.2, 0.25) is 0 Å². The summed E-state index contributed by atoms with van der Waals surface area (Å²) in [4.78, 5) is 34.4. The second-order valence-electron chi connectivity index (χ2n) is 8.69. The molecular weight excluding hydrogens is 440 g/mol. The molecule has 7 heteroatoms. The van der Waals surface area contributed by atoms with Gasteiger partial charge in [-0.25, -0.2) is 9.97 Å². The number of aromatic nitrogens is 4. The van der Waals surface area contributed by atoms with Crippen LogP contribution in [0, 0.1) is 13.8 Å². The predicted molar refractivity (Wildman–Crippen MR) is 135 cm³/mol. The number of imidazole rings is 1. The quantitative estimate of drug-likeness (QED) is 0.262. The van der Waals surface area contributed by atoms with Crippen molar-refractivity contribution in [1.29, 1.82) is 0 Å². The lowest BCUT2D eigenvalue weighted by atomic mass is 10.1. The normalized spacial score (nSPS) is 11.3. The average molecular weight is 467 g/mol. The maximum absolute atomic E-state index is 13.3. The Morgan fingerprint density at radius 3 is 2.57 bits per heavy atom. The van der Waals surface area contributed by atoms with Crippen molar-refractivity contribution in [3.05, 3.63) is 89.0 Å². The van der Waals surface area contributed by atoms with Crippen molar-refractivity contribution in [2.45, 2.75) is 40.7 Å². The molecule has 176 valence electrons. The third-order valence-electron chi connectivity index (χ3n) is 6.10. The topological polar surface area (TPSA) is 79.0 Å². The molecule has 0 saturated heterocycles. The minimum absolute atomic E-state index is 0.251.